The molecular formula is C13H21BrN2S. The number of hydrogen-bond acceptors (Lipinski definition) is 3. The standard InChI is InChI=1S/C13H21BrN2S/c1-10(13-12(14)6-8-17-13)15-9-11-5-3-4-7-16(11)2/h6,8,10-11,15H,3-5,7,9H2,1-2H3. The average Bonchev–Trinajstić information content (AvgIpc) is 2.74. The van der Waals surface area contributed by atoms with Gasteiger partial charge < -0.3 is 10.2 Å². The van der Waals surface area contributed by atoms with E-state index in [2.05, 4.69) is 51.6 Å². The van der Waals surface area contributed by atoms with E-state index in [0.29, 0.717) is 12.1 Å². The van der Waals surface area contributed by atoms with Crippen LogP contribution in [0, 0.1) is 0 Å². The lowest BCUT2D eigenvalue weighted by atomic mass is 10.0. The van der Waals surface area contributed by atoms with Gasteiger partial charge in [0.2, 0.25) is 0 Å². The first kappa shape index (κ1) is 13.5. The fraction of sp³-hybridized carbons (Fsp3) is 0.692. The first-order chi connectivity index (χ1) is 8.18. The number of piperidine rings is 1. The summed E-state index contributed by atoms with van der Waals surface area (Å²) >= 11 is 5.43. The molecule has 2 nitrogen and oxygen atoms in total. The SMILES string of the molecule is CC(NCC1CCCCN1C)c1sccc1Br. The van der Waals surface area contributed by atoms with E-state index in [0.717, 1.165) is 6.54 Å². The van der Waals surface area contributed by atoms with E-state index >= 15 is 0 Å². The van der Waals surface area contributed by atoms with Crippen LogP contribution in [0.25, 0.3) is 0 Å². The van der Waals surface area contributed by atoms with E-state index in [-0.39, 0.29) is 0 Å². The molecule has 1 fully saturated rings. The summed E-state index contributed by atoms with van der Waals surface area (Å²) in [6.45, 7) is 4.60. The molecule has 0 radical (unpaired) electrons. The highest BCUT2D eigenvalue weighted by atomic mass is 79.9. The molecule has 1 aliphatic rings. The minimum Gasteiger partial charge on any atom is -0.308 e. The van der Waals surface area contributed by atoms with Gasteiger partial charge in [-0.15, -0.1) is 11.3 Å². The van der Waals surface area contributed by atoms with Crippen LogP contribution in [0.3, 0.4) is 0 Å². The molecule has 17 heavy (non-hydrogen) atoms. The molecule has 2 heterocycles. The van der Waals surface area contributed by atoms with Crippen molar-refractivity contribution in [3.63, 3.8) is 0 Å². The number of hydrogen-bond donors (Lipinski definition) is 1. The highest BCUT2D eigenvalue weighted by molar-refractivity contribution is 9.10. The molecule has 1 aromatic rings. The second-order valence-corrected chi connectivity index (χ2v) is 6.69. The van der Waals surface area contributed by atoms with E-state index in [1.807, 2.05) is 11.3 Å². The molecule has 1 aliphatic heterocycles. The highest BCUT2D eigenvalue weighted by Crippen LogP contribution is 2.28. The van der Waals surface area contributed by atoms with Gasteiger partial charge in [-0.2, -0.15) is 0 Å². The number of rotatable bonds is 4. The molecule has 4 heteroatoms. The first-order valence-corrected chi connectivity index (χ1v) is 8.02. The van der Waals surface area contributed by atoms with Crippen LogP contribution in [-0.2, 0) is 0 Å². The molecule has 0 aromatic carbocycles. The predicted molar refractivity (Wildman–Crippen MR) is 78.7 cm³/mol. The third kappa shape index (κ3) is 3.53. The normalized spacial score (nSPS) is 23.8. The molecule has 1 aromatic heterocycles. The van der Waals surface area contributed by atoms with Crippen molar-refractivity contribution in [3.05, 3.63) is 20.8 Å². The van der Waals surface area contributed by atoms with Crippen molar-refractivity contribution in [2.45, 2.75) is 38.3 Å². The van der Waals surface area contributed by atoms with Crippen LogP contribution in [-0.4, -0.2) is 31.1 Å². The zero-order chi connectivity index (χ0) is 12.3. The highest BCUT2D eigenvalue weighted by Gasteiger charge is 2.20. The summed E-state index contributed by atoms with van der Waals surface area (Å²) in [7, 11) is 2.25. The van der Waals surface area contributed by atoms with Crippen molar-refractivity contribution >= 4 is 27.3 Å². The third-order valence-corrected chi connectivity index (χ3v) is 5.67. The summed E-state index contributed by atoms with van der Waals surface area (Å²) in [5.41, 5.74) is 0. The maximum Gasteiger partial charge on any atom is 0.0398 e. The van der Waals surface area contributed by atoms with Crippen molar-refractivity contribution in [1.82, 2.24) is 10.2 Å². The van der Waals surface area contributed by atoms with E-state index in [1.165, 1.54) is 35.2 Å². The Labute approximate surface area is 117 Å². The minimum absolute atomic E-state index is 0.444. The fourth-order valence-electron chi connectivity index (χ4n) is 2.42. The summed E-state index contributed by atoms with van der Waals surface area (Å²) in [5, 5.41) is 5.81. The lowest BCUT2D eigenvalue weighted by molar-refractivity contribution is 0.178. The summed E-state index contributed by atoms with van der Waals surface area (Å²) in [4.78, 5) is 3.90. The Morgan fingerprint density at radius 1 is 1.59 bits per heavy atom. The van der Waals surface area contributed by atoms with Crippen LogP contribution in [0.5, 0.6) is 0 Å². The van der Waals surface area contributed by atoms with Crippen LogP contribution in [0.15, 0.2) is 15.9 Å². The van der Waals surface area contributed by atoms with Crippen LogP contribution in [0.2, 0.25) is 0 Å². The Kier molecular flexibility index (Phi) is 5.03. The lowest BCUT2D eigenvalue weighted by Gasteiger charge is -2.33. The van der Waals surface area contributed by atoms with Gasteiger partial charge in [-0.05, 0) is 60.7 Å². The van der Waals surface area contributed by atoms with Crippen molar-refractivity contribution in [2.24, 2.45) is 0 Å². The molecule has 1 N–H and O–H groups in total. The van der Waals surface area contributed by atoms with Crippen molar-refractivity contribution < 1.29 is 0 Å². The molecule has 2 rings (SSSR count). The lowest BCUT2D eigenvalue weighted by Crippen LogP contribution is -2.43. The van der Waals surface area contributed by atoms with Crippen molar-refractivity contribution in [1.29, 1.82) is 0 Å². The van der Waals surface area contributed by atoms with Gasteiger partial charge in [0.25, 0.3) is 0 Å². The summed E-state index contributed by atoms with van der Waals surface area (Å²) in [6, 6.07) is 3.29. The monoisotopic (exact) mass is 316 g/mol. The van der Waals surface area contributed by atoms with Crippen molar-refractivity contribution in [3.8, 4) is 0 Å². The fourth-order valence-corrected chi connectivity index (χ4v) is 4.17. The number of likely N-dealkylation sites (N-methyl/N-ethyl adjacent to an activating group) is 1. The topological polar surface area (TPSA) is 15.3 Å². The van der Waals surface area contributed by atoms with E-state index in [9.17, 15) is 0 Å². The Hall–Kier alpha value is 0.100. The van der Waals surface area contributed by atoms with Gasteiger partial charge in [0, 0.05) is 28.0 Å². The zero-order valence-electron chi connectivity index (χ0n) is 10.6. The number of nitrogens with zero attached hydrogens (tertiary/aromatic N) is 1. The number of thiophene rings is 1. The second-order valence-electron chi connectivity index (χ2n) is 4.89. The van der Waals surface area contributed by atoms with Gasteiger partial charge in [0.05, 0.1) is 0 Å². The van der Waals surface area contributed by atoms with Crippen LogP contribution in [0.1, 0.15) is 37.1 Å². The Morgan fingerprint density at radius 3 is 3.06 bits per heavy atom. The van der Waals surface area contributed by atoms with Crippen LogP contribution >= 0.6 is 27.3 Å². The summed E-state index contributed by atoms with van der Waals surface area (Å²) in [6.07, 6.45) is 4.08. The van der Waals surface area contributed by atoms with Crippen LogP contribution < -0.4 is 5.32 Å². The number of halogens is 1. The predicted octanol–water partition coefficient (Wildman–Crippen LogP) is 3.65. The van der Waals surface area contributed by atoms with Gasteiger partial charge in [-0.3, -0.25) is 0 Å². The average molecular weight is 317 g/mol. The molecule has 2 unspecified atom stereocenters. The first-order valence-electron chi connectivity index (χ1n) is 6.35. The molecule has 0 saturated carbocycles. The molecule has 96 valence electrons. The molecule has 2 atom stereocenters. The molecular weight excluding hydrogens is 296 g/mol. The van der Waals surface area contributed by atoms with Gasteiger partial charge in [-0.25, -0.2) is 0 Å². The van der Waals surface area contributed by atoms with E-state index in [1.54, 1.807) is 0 Å². The van der Waals surface area contributed by atoms with E-state index in [4.69, 9.17) is 0 Å². The summed E-state index contributed by atoms with van der Waals surface area (Å²) in [5.74, 6) is 0. The Bertz CT molecular complexity index is 353. The van der Waals surface area contributed by atoms with Gasteiger partial charge in [0.15, 0.2) is 0 Å². The van der Waals surface area contributed by atoms with Crippen molar-refractivity contribution in [2.75, 3.05) is 20.1 Å². The largest absolute Gasteiger partial charge is 0.308 e. The smallest absolute Gasteiger partial charge is 0.0398 e. The number of nitrogens with one attached hydrogen (secondary N) is 1. The molecule has 1 saturated heterocycles. The molecule has 0 bridgehead atoms. The molecule has 0 aliphatic carbocycles. The maximum atomic E-state index is 3.66. The van der Waals surface area contributed by atoms with Crippen LogP contribution in [0.4, 0.5) is 0 Å². The zero-order valence-corrected chi connectivity index (χ0v) is 13.0. The van der Waals surface area contributed by atoms with Gasteiger partial charge in [0.1, 0.15) is 0 Å². The van der Waals surface area contributed by atoms with E-state index < -0.39 is 0 Å². The Morgan fingerprint density at radius 2 is 2.41 bits per heavy atom. The Balaban J connectivity index is 1.83. The summed E-state index contributed by atoms with van der Waals surface area (Å²) < 4.78 is 1.24. The third-order valence-electron chi connectivity index (χ3n) is 3.62. The van der Waals surface area contributed by atoms with Gasteiger partial charge >= 0.3 is 0 Å². The number of likely N-dealkylation sites (tertiary alicyclic amines) is 1. The molecule has 0 spiro atoms. The molecule has 0 amide bonds. The second kappa shape index (κ2) is 6.32. The quantitative estimate of drug-likeness (QED) is 0.912. The van der Waals surface area contributed by atoms with Gasteiger partial charge in [-0.1, -0.05) is 6.42 Å². The maximum absolute atomic E-state index is 3.66. The minimum atomic E-state index is 0.444.